The van der Waals surface area contributed by atoms with Crippen molar-refractivity contribution in [3.05, 3.63) is 35.4 Å². The van der Waals surface area contributed by atoms with Crippen molar-refractivity contribution in [3.8, 4) is 0 Å². The van der Waals surface area contributed by atoms with E-state index in [0.717, 1.165) is 38.8 Å². The molecule has 0 radical (unpaired) electrons. The highest BCUT2D eigenvalue weighted by Crippen LogP contribution is 2.24. The smallest absolute Gasteiger partial charge is 0.303 e. The number of halogens is 2. The van der Waals surface area contributed by atoms with E-state index in [1.165, 1.54) is 12.1 Å². The Morgan fingerprint density at radius 1 is 1.27 bits per heavy atom. The van der Waals surface area contributed by atoms with Gasteiger partial charge in [-0.25, -0.2) is 8.78 Å². The molecule has 1 unspecified atom stereocenters. The average molecular weight is 312 g/mol. The minimum Gasteiger partial charge on any atom is -0.481 e. The molecule has 1 aliphatic heterocycles. The number of hydrogen-bond acceptors (Lipinski definition) is 3. The molecule has 0 spiro atoms. The third-order valence-corrected chi connectivity index (χ3v) is 4.23. The molecule has 2 rings (SSSR count). The van der Waals surface area contributed by atoms with Crippen molar-refractivity contribution in [3.63, 3.8) is 0 Å². The predicted molar refractivity (Wildman–Crippen MR) is 79.7 cm³/mol. The minimum atomic E-state index is -0.765. The Labute approximate surface area is 129 Å². The number of carbonyl (C=O) groups is 1. The Bertz CT molecular complexity index is 517. The first-order valence-corrected chi connectivity index (χ1v) is 7.60. The van der Waals surface area contributed by atoms with Crippen molar-refractivity contribution in [1.82, 2.24) is 9.80 Å². The highest BCUT2D eigenvalue weighted by molar-refractivity contribution is 5.66. The van der Waals surface area contributed by atoms with Crippen molar-refractivity contribution in [2.75, 3.05) is 32.7 Å². The van der Waals surface area contributed by atoms with Gasteiger partial charge in [0.2, 0.25) is 0 Å². The summed E-state index contributed by atoms with van der Waals surface area (Å²) in [5, 5.41) is 8.64. The summed E-state index contributed by atoms with van der Waals surface area (Å²) in [5.41, 5.74) is 0.515. The van der Waals surface area contributed by atoms with Crippen LogP contribution in [0.2, 0.25) is 0 Å². The maximum absolute atomic E-state index is 13.8. The molecule has 1 aliphatic rings. The quantitative estimate of drug-likeness (QED) is 0.876. The Balaban J connectivity index is 1.84. The zero-order chi connectivity index (χ0) is 16.1. The molecule has 1 atom stereocenters. The second-order valence-corrected chi connectivity index (χ2v) is 5.72. The van der Waals surface area contributed by atoms with E-state index in [2.05, 4.69) is 9.80 Å². The molecule has 122 valence electrons. The summed E-state index contributed by atoms with van der Waals surface area (Å²) < 4.78 is 26.8. The van der Waals surface area contributed by atoms with E-state index >= 15 is 0 Å². The molecule has 1 heterocycles. The van der Waals surface area contributed by atoms with Gasteiger partial charge in [0.15, 0.2) is 0 Å². The summed E-state index contributed by atoms with van der Waals surface area (Å²) in [7, 11) is 0. The van der Waals surface area contributed by atoms with Gasteiger partial charge >= 0.3 is 5.97 Å². The summed E-state index contributed by atoms with van der Waals surface area (Å²) >= 11 is 0. The van der Waals surface area contributed by atoms with Gasteiger partial charge in [0.25, 0.3) is 0 Å². The van der Waals surface area contributed by atoms with Gasteiger partial charge in [-0.2, -0.15) is 0 Å². The van der Waals surface area contributed by atoms with E-state index in [1.54, 1.807) is 0 Å². The molecule has 0 aromatic heterocycles. The molecule has 1 fully saturated rings. The van der Waals surface area contributed by atoms with Crippen molar-refractivity contribution in [2.24, 2.45) is 0 Å². The third-order valence-electron chi connectivity index (χ3n) is 4.23. The molecular weight excluding hydrogens is 290 g/mol. The van der Waals surface area contributed by atoms with Gasteiger partial charge in [0.1, 0.15) is 11.6 Å². The van der Waals surface area contributed by atoms with Crippen molar-refractivity contribution in [1.29, 1.82) is 0 Å². The van der Waals surface area contributed by atoms with E-state index < -0.39 is 17.6 Å². The van der Waals surface area contributed by atoms with Crippen LogP contribution >= 0.6 is 0 Å². The van der Waals surface area contributed by atoms with E-state index in [0.29, 0.717) is 12.0 Å². The standard InChI is InChI=1S/C16H22F2N2O2/c1-12(14-5-4-13(17)11-15(14)18)20-9-7-19(8-10-20)6-2-3-16(21)22/h4-5,11-12H,2-3,6-10H2,1H3,(H,21,22). The number of piperazine rings is 1. The second kappa shape index (κ2) is 7.65. The topological polar surface area (TPSA) is 43.8 Å². The number of nitrogens with zero attached hydrogens (tertiary/aromatic N) is 2. The number of hydrogen-bond donors (Lipinski definition) is 1. The molecule has 0 bridgehead atoms. The van der Waals surface area contributed by atoms with Crippen LogP contribution in [0.15, 0.2) is 18.2 Å². The van der Waals surface area contributed by atoms with Crippen molar-refractivity contribution in [2.45, 2.75) is 25.8 Å². The Morgan fingerprint density at radius 3 is 2.55 bits per heavy atom. The van der Waals surface area contributed by atoms with E-state index in [4.69, 9.17) is 5.11 Å². The van der Waals surface area contributed by atoms with Crippen LogP contribution in [0.25, 0.3) is 0 Å². The number of rotatable bonds is 6. The van der Waals surface area contributed by atoms with Gasteiger partial charge in [0.05, 0.1) is 0 Å². The maximum atomic E-state index is 13.8. The number of aliphatic carboxylic acids is 1. The van der Waals surface area contributed by atoms with Gasteiger partial charge in [-0.3, -0.25) is 9.69 Å². The SMILES string of the molecule is CC(c1ccc(F)cc1F)N1CCN(CCCC(=O)O)CC1. The molecule has 1 aromatic rings. The molecule has 22 heavy (non-hydrogen) atoms. The lowest BCUT2D eigenvalue weighted by molar-refractivity contribution is -0.137. The van der Waals surface area contributed by atoms with E-state index in [1.807, 2.05) is 6.92 Å². The van der Waals surface area contributed by atoms with Crippen LogP contribution in [-0.4, -0.2) is 53.6 Å². The van der Waals surface area contributed by atoms with Gasteiger partial charge in [-0.15, -0.1) is 0 Å². The van der Waals surface area contributed by atoms with Crippen LogP contribution in [0.1, 0.15) is 31.4 Å². The lowest BCUT2D eigenvalue weighted by Gasteiger charge is -2.38. The normalized spacial score (nSPS) is 18.3. The summed E-state index contributed by atoms with van der Waals surface area (Å²) in [6.07, 6.45) is 0.842. The highest BCUT2D eigenvalue weighted by atomic mass is 19.1. The first-order chi connectivity index (χ1) is 10.5. The fourth-order valence-electron chi connectivity index (χ4n) is 2.87. The monoisotopic (exact) mass is 312 g/mol. The largest absolute Gasteiger partial charge is 0.481 e. The Hall–Kier alpha value is -1.53. The third kappa shape index (κ3) is 4.48. The Morgan fingerprint density at radius 2 is 1.95 bits per heavy atom. The lowest BCUT2D eigenvalue weighted by Crippen LogP contribution is -2.47. The zero-order valence-electron chi connectivity index (χ0n) is 12.8. The molecule has 0 aliphatic carbocycles. The first kappa shape index (κ1) is 16.8. The van der Waals surface area contributed by atoms with Crippen LogP contribution in [0.4, 0.5) is 8.78 Å². The average Bonchev–Trinajstić information content (AvgIpc) is 2.47. The van der Waals surface area contributed by atoms with Crippen LogP contribution in [0.5, 0.6) is 0 Å². The molecule has 6 heteroatoms. The van der Waals surface area contributed by atoms with Gasteiger partial charge < -0.3 is 10.0 Å². The van der Waals surface area contributed by atoms with Crippen LogP contribution < -0.4 is 0 Å². The molecule has 4 nitrogen and oxygen atoms in total. The predicted octanol–water partition coefficient (Wildman–Crippen LogP) is 2.51. The van der Waals surface area contributed by atoms with Crippen LogP contribution in [-0.2, 0) is 4.79 Å². The molecule has 1 aromatic carbocycles. The van der Waals surface area contributed by atoms with Gasteiger partial charge in [-0.1, -0.05) is 6.07 Å². The Kier molecular flexibility index (Phi) is 5.85. The fourth-order valence-corrected chi connectivity index (χ4v) is 2.87. The summed E-state index contributed by atoms with van der Waals surface area (Å²) in [6.45, 7) is 5.98. The molecule has 1 saturated heterocycles. The molecule has 1 N–H and O–H groups in total. The van der Waals surface area contributed by atoms with Gasteiger partial charge in [-0.05, 0) is 26.0 Å². The zero-order valence-corrected chi connectivity index (χ0v) is 12.8. The summed E-state index contributed by atoms with van der Waals surface area (Å²) in [5.74, 6) is -1.83. The van der Waals surface area contributed by atoms with Crippen LogP contribution in [0.3, 0.4) is 0 Å². The van der Waals surface area contributed by atoms with E-state index in [9.17, 15) is 13.6 Å². The van der Waals surface area contributed by atoms with Crippen molar-refractivity contribution >= 4 is 5.97 Å². The summed E-state index contributed by atoms with van der Waals surface area (Å²) in [6, 6.07) is 3.63. The van der Waals surface area contributed by atoms with Crippen LogP contribution in [0, 0.1) is 11.6 Å². The molecule has 0 saturated carbocycles. The van der Waals surface area contributed by atoms with E-state index in [-0.39, 0.29) is 12.5 Å². The summed E-state index contributed by atoms with van der Waals surface area (Å²) in [4.78, 5) is 14.9. The molecular formula is C16H22F2N2O2. The maximum Gasteiger partial charge on any atom is 0.303 e. The number of carboxylic acid groups (broad SMARTS) is 1. The first-order valence-electron chi connectivity index (χ1n) is 7.60. The number of carboxylic acids is 1. The molecule has 0 amide bonds. The highest BCUT2D eigenvalue weighted by Gasteiger charge is 2.23. The van der Waals surface area contributed by atoms with Gasteiger partial charge in [0, 0.05) is 50.3 Å². The number of benzene rings is 1. The lowest BCUT2D eigenvalue weighted by atomic mass is 10.1. The second-order valence-electron chi connectivity index (χ2n) is 5.72. The fraction of sp³-hybridized carbons (Fsp3) is 0.562. The van der Waals surface area contributed by atoms with Crippen molar-refractivity contribution < 1.29 is 18.7 Å². The minimum absolute atomic E-state index is 0.0956.